The highest BCUT2D eigenvalue weighted by molar-refractivity contribution is 6.18. The van der Waals surface area contributed by atoms with Gasteiger partial charge in [-0.1, -0.05) is 163 Å². The molecule has 0 N–H and O–H groups in total. The van der Waals surface area contributed by atoms with Crippen LogP contribution in [0.3, 0.4) is 0 Å². The van der Waals surface area contributed by atoms with Gasteiger partial charge in [0.2, 0.25) is 0 Å². The molecule has 0 spiro atoms. The fraction of sp³-hybridized carbons (Fsp3) is 0.164. The fourth-order valence-electron chi connectivity index (χ4n) is 14.4. The molecule has 3 aliphatic rings. The van der Waals surface area contributed by atoms with Gasteiger partial charge in [-0.15, -0.1) is 0 Å². The molecule has 10 aromatic carbocycles. The Hall–Kier alpha value is -7.68. The Bertz CT molecular complexity index is 4070. The molecule has 2 heterocycles. The van der Waals surface area contributed by atoms with Crippen molar-refractivity contribution < 1.29 is 8.83 Å². The molecule has 0 saturated heterocycles. The third kappa shape index (κ3) is 4.73. The Morgan fingerprint density at radius 1 is 0.290 bits per heavy atom. The molecule has 15 rings (SSSR count). The molecule has 0 amide bonds. The van der Waals surface area contributed by atoms with Gasteiger partial charge >= 0.3 is 0 Å². The average molecular weight is 887 g/mol. The molecule has 0 radical (unpaired) electrons. The lowest BCUT2D eigenvalue weighted by atomic mass is 9.76. The van der Waals surface area contributed by atoms with Gasteiger partial charge in [-0.05, 0) is 161 Å². The molecule has 69 heavy (non-hydrogen) atoms. The second-order valence-electron chi connectivity index (χ2n) is 21.9. The summed E-state index contributed by atoms with van der Waals surface area (Å²) in [6, 6.07) is 58.5. The van der Waals surface area contributed by atoms with Crippen molar-refractivity contribution in [2.45, 2.75) is 71.6 Å². The SMILES string of the molecule is Cc1c2c(cc3c1C(C)(C)c1cc(-c4cccc5c4oc4ccccc45)c4ccccc4c1-3)C(C)(C)c1cc3c(c(C)c1-2)C(C)(C)c1cc(-c2cccc4c2oc2ccccc24)c2ccccc2c1-3. The van der Waals surface area contributed by atoms with Gasteiger partial charge in [0.1, 0.15) is 22.3 Å². The standard InChI is InChI=1S/C67H50O2/c1-35-57-51(33-49-59-41-23-11-9-19-37(41)47(31-53(59)66(5,6)61(35)49)45-27-17-25-43-39-21-13-15-29-55(39)68-63(43)45)65(3,4)52-34-50-60-42-24-12-10-20-38(42)48(32-54(60)67(7,8)62(50)36(2)58(52)57)46-28-18-26-44-40-22-14-16-30-56(40)69-64(44)46/h9-34H,1-8H3. The number of para-hydroxylation sites is 4. The maximum atomic E-state index is 6.70. The van der Waals surface area contributed by atoms with Gasteiger partial charge in [0.15, 0.2) is 0 Å². The van der Waals surface area contributed by atoms with E-state index in [0.717, 1.165) is 55.0 Å². The molecule has 0 saturated carbocycles. The molecule has 0 bridgehead atoms. The van der Waals surface area contributed by atoms with Crippen LogP contribution >= 0.6 is 0 Å². The van der Waals surface area contributed by atoms with Crippen molar-refractivity contribution in [3.05, 3.63) is 202 Å². The van der Waals surface area contributed by atoms with Gasteiger partial charge in [0.05, 0.1) is 0 Å². The molecule has 2 heteroatoms. The Balaban J connectivity index is 0.941. The van der Waals surface area contributed by atoms with Crippen molar-refractivity contribution in [1.29, 1.82) is 0 Å². The van der Waals surface area contributed by atoms with Crippen LogP contribution in [0.2, 0.25) is 0 Å². The van der Waals surface area contributed by atoms with Gasteiger partial charge in [-0.3, -0.25) is 0 Å². The monoisotopic (exact) mass is 886 g/mol. The second kappa shape index (κ2) is 12.9. The van der Waals surface area contributed by atoms with E-state index >= 15 is 0 Å². The molecular weight excluding hydrogens is 837 g/mol. The van der Waals surface area contributed by atoms with Crippen molar-refractivity contribution in [2.24, 2.45) is 0 Å². The van der Waals surface area contributed by atoms with Crippen molar-refractivity contribution in [1.82, 2.24) is 0 Å². The number of rotatable bonds is 2. The van der Waals surface area contributed by atoms with Crippen LogP contribution in [-0.4, -0.2) is 0 Å². The van der Waals surface area contributed by atoms with E-state index in [1.165, 1.54) is 111 Å². The lowest BCUT2D eigenvalue weighted by molar-refractivity contribution is 0.645. The van der Waals surface area contributed by atoms with E-state index in [2.05, 4.69) is 213 Å². The Labute approximate surface area is 401 Å². The molecule has 3 aliphatic carbocycles. The minimum absolute atomic E-state index is 0.233. The second-order valence-corrected chi connectivity index (χ2v) is 21.9. The molecule has 330 valence electrons. The Morgan fingerprint density at radius 3 is 1.04 bits per heavy atom. The van der Waals surface area contributed by atoms with Crippen LogP contribution < -0.4 is 0 Å². The zero-order valence-electron chi connectivity index (χ0n) is 40.3. The summed E-state index contributed by atoms with van der Waals surface area (Å²) in [4.78, 5) is 0. The minimum Gasteiger partial charge on any atom is -0.455 e. The topological polar surface area (TPSA) is 26.3 Å². The lowest BCUT2D eigenvalue weighted by Crippen LogP contribution is -2.19. The maximum absolute atomic E-state index is 6.70. The first-order valence-corrected chi connectivity index (χ1v) is 24.7. The van der Waals surface area contributed by atoms with Crippen molar-refractivity contribution in [3.8, 4) is 55.6 Å². The molecule has 12 aromatic rings. The summed E-state index contributed by atoms with van der Waals surface area (Å²) in [5.74, 6) is 0. The summed E-state index contributed by atoms with van der Waals surface area (Å²) in [6.45, 7) is 19.7. The van der Waals surface area contributed by atoms with Gasteiger partial charge < -0.3 is 8.83 Å². The van der Waals surface area contributed by atoms with Crippen molar-refractivity contribution >= 4 is 65.4 Å². The summed E-state index contributed by atoms with van der Waals surface area (Å²) in [5.41, 5.74) is 27.4. The summed E-state index contributed by atoms with van der Waals surface area (Å²) >= 11 is 0. The highest BCUT2D eigenvalue weighted by Gasteiger charge is 2.48. The van der Waals surface area contributed by atoms with Crippen molar-refractivity contribution in [2.75, 3.05) is 0 Å². The zero-order valence-corrected chi connectivity index (χ0v) is 40.3. The maximum Gasteiger partial charge on any atom is 0.143 e. The largest absolute Gasteiger partial charge is 0.455 e. The van der Waals surface area contributed by atoms with Crippen molar-refractivity contribution in [3.63, 3.8) is 0 Å². The highest BCUT2D eigenvalue weighted by atomic mass is 16.3. The van der Waals surface area contributed by atoms with E-state index in [4.69, 9.17) is 8.83 Å². The van der Waals surface area contributed by atoms with E-state index < -0.39 is 0 Å². The molecule has 0 aliphatic heterocycles. The van der Waals surface area contributed by atoms with Crippen LogP contribution in [0, 0.1) is 13.8 Å². The number of hydrogen-bond donors (Lipinski definition) is 0. The average Bonchev–Trinajstić information content (AvgIpc) is 4.10. The molecule has 2 nitrogen and oxygen atoms in total. The van der Waals surface area contributed by atoms with Crippen LogP contribution in [0.4, 0.5) is 0 Å². The van der Waals surface area contributed by atoms with Crippen LogP contribution in [0.1, 0.15) is 86.1 Å². The third-order valence-corrected chi connectivity index (χ3v) is 17.4. The predicted octanol–water partition coefficient (Wildman–Crippen LogP) is 18.7. The lowest BCUT2D eigenvalue weighted by Gasteiger charge is -2.27. The van der Waals surface area contributed by atoms with Gasteiger partial charge in [-0.25, -0.2) is 0 Å². The first-order valence-electron chi connectivity index (χ1n) is 24.7. The number of hydrogen-bond acceptors (Lipinski definition) is 2. The van der Waals surface area contributed by atoms with Crippen LogP contribution in [0.5, 0.6) is 0 Å². The molecule has 2 aromatic heterocycles. The molecular formula is C67H50O2. The number of furan rings is 2. The minimum atomic E-state index is -0.255. The summed E-state index contributed by atoms with van der Waals surface area (Å²) in [7, 11) is 0. The van der Waals surface area contributed by atoms with Gasteiger partial charge in [-0.2, -0.15) is 0 Å². The van der Waals surface area contributed by atoms with E-state index in [0.29, 0.717) is 0 Å². The van der Waals surface area contributed by atoms with E-state index in [1.54, 1.807) is 0 Å². The third-order valence-electron chi connectivity index (χ3n) is 17.4. The highest BCUT2D eigenvalue weighted by Crippen LogP contribution is 2.64. The first kappa shape index (κ1) is 39.3. The normalized spacial score (nSPS) is 15.6. The summed E-state index contributed by atoms with van der Waals surface area (Å²) in [6.07, 6.45) is 0. The predicted molar refractivity (Wildman–Crippen MR) is 289 cm³/mol. The fourth-order valence-corrected chi connectivity index (χ4v) is 14.4. The smallest absolute Gasteiger partial charge is 0.143 e. The van der Waals surface area contributed by atoms with E-state index in [-0.39, 0.29) is 16.2 Å². The summed E-state index contributed by atoms with van der Waals surface area (Å²) in [5, 5.41) is 9.74. The molecule has 0 atom stereocenters. The Kier molecular flexibility index (Phi) is 7.35. The summed E-state index contributed by atoms with van der Waals surface area (Å²) < 4.78 is 13.4. The van der Waals surface area contributed by atoms with Crippen LogP contribution in [0.15, 0.2) is 167 Å². The first-order chi connectivity index (χ1) is 33.4. The quantitative estimate of drug-likeness (QED) is 0.173. The van der Waals surface area contributed by atoms with Gasteiger partial charge in [0.25, 0.3) is 0 Å². The Morgan fingerprint density at radius 2 is 0.623 bits per heavy atom. The van der Waals surface area contributed by atoms with Gasteiger partial charge in [0, 0.05) is 48.9 Å². The molecule has 0 unspecified atom stereocenters. The zero-order chi connectivity index (χ0) is 46.6. The number of fused-ring (bicyclic) bond motifs is 19. The van der Waals surface area contributed by atoms with Crippen LogP contribution in [0.25, 0.3) is 121 Å². The van der Waals surface area contributed by atoms with E-state index in [1.807, 2.05) is 0 Å². The van der Waals surface area contributed by atoms with Crippen LogP contribution in [-0.2, 0) is 16.2 Å². The van der Waals surface area contributed by atoms with E-state index in [9.17, 15) is 0 Å². The molecule has 0 fully saturated rings. The number of benzene rings is 10.